The Balaban J connectivity index is 1.54. The van der Waals surface area contributed by atoms with Crippen molar-refractivity contribution in [3.63, 3.8) is 0 Å². The maximum atomic E-state index is 12.8. The van der Waals surface area contributed by atoms with Crippen molar-refractivity contribution in [3.8, 4) is 0 Å². The topological polar surface area (TPSA) is 91.2 Å². The molecule has 2 aromatic heterocycles. The predicted octanol–water partition coefficient (Wildman–Crippen LogP) is 2.08. The van der Waals surface area contributed by atoms with E-state index >= 15 is 0 Å². The minimum atomic E-state index is -1.08. The highest BCUT2D eigenvalue weighted by atomic mass is 16.4. The number of hydrogen-bond acceptors (Lipinski definition) is 3. The maximum absolute atomic E-state index is 12.8. The lowest BCUT2D eigenvalue weighted by molar-refractivity contribution is -0.150. The lowest BCUT2D eigenvalue weighted by atomic mass is 9.87. The van der Waals surface area contributed by atoms with Crippen LogP contribution in [0.25, 0.3) is 10.9 Å². The smallest absolute Gasteiger partial charge is 0.331 e. The van der Waals surface area contributed by atoms with E-state index < -0.39 is 11.5 Å². The molecule has 128 valence electrons. The van der Waals surface area contributed by atoms with Gasteiger partial charge in [0, 0.05) is 61.0 Å². The van der Waals surface area contributed by atoms with Gasteiger partial charge >= 0.3 is 5.97 Å². The number of rotatable bonds is 3. The number of fused-ring (bicyclic) bond motifs is 1. The third-order valence-corrected chi connectivity index (χ3v) is 5.02. The number of aliphatic carboxylic acids is 1. The molecule has 1 amide bonds. The zero-order valence-electron chi connectivity index (χ0n) is 13.6. The van der Waals surface area contributed by atoms with Crippen molar-refractivity contribution in [2.45, 2.75) is 18.4 Å². The monoisotopic (exact) mass is 338 g/mol. The molecule has 0 radical (unpaired) electrons. The fraction of sp³-hybridized carbons (Fsp3) is 0.278. The van der Waals surface area contributed by atoms with E-state index in [1.54, 1.807) is 29.4 Å². The molecule has 7 nitrogen and oxygen atoms in total. The molecular formula is C18H18N4O3. The van der Waals surface area contributed by atoms with Crippen molar-refractivity contribution < 1.29 is 14.7 Å². The Hall–Kier alpha value is -3.09. The summed E-state index contributed by atoms with van der Waals surface area (Å²) < 4.78 is 1.50. The molecule has 1 saturated heterocycles. The summed E-state index contributed by atoms with van der Waals surface area (Å²) in [4.78, 5) is 29.5. The Kier molecular flexibility index (Phi) is 3.56. The first-order chi connectivity index (χ1) is 12.1. The Morgan fingerprint density at radius 1 is 1.20 bits per heavy atom. The van der Waals surface area contributed by atoms with Crippen LogP contribution in [0.4, 0.5) is 0 Å². The highest BCUT2D eigenvalue weighted by Gasteiger charge is 2.44. The molecule has 7 heteroatoms. The molecule has 0 atom stereocenters. The SMILES string of the molecule is O=C(c1ccc2[nH]ccc2c1)N1CCC(C(=O)O)(n2cccn2)CC1. The highest BCUT2D eigenvalue weighted by molar-refractivity contribution is 5.98. The first-order valence-electron chi connectivity index (χ1n) is 8.20. The number of amides is 1. The van der Waals surface area contributed by atoms with Crippen molar-refractivity contribution in [3.05, 3.63) is 54.5 Å². The molecule has 0 aliphatic carbocycles. The van der Waals surface area contributed by atoms with Crippen LogP contribution in [0.15, 0.2) is 48.9 Å². The van der Waals surface area contributed by atoms with Gasteiger partial charge < -0.3 is 15.0 Å². The number of carboxylic acid groups (broad SMARTS) is 1. The van der Waals surface area contributed by atoms with E-state index in [-0.39, 0.29) is 5.91 Å². The van der Waals surface area contributed by atoms with Crippen LogP contribution in [-0.4, -0.2) is 49.7 Å². The molecule has 0 saturated carbocycles. The summed E-state index contributed by atoms with van der Waals surface area (Å²) in [5.41, 5.74) is 0.526. The number of likely N-dealkylation sites (tertiary alicyclic amines) is 1. The van der Waals surface area contributed by atoms with E-state index in [4.69, 9.17) is 0 Å². The van der Waals surface area contributed by atoms with Crippen LogP contribution >= 0.6 is 0 Å². The van der Waals surface area contributed by atoms with Gasteiger partial charge in [0.15, 0.2) is 5.54 Å². The molecule has 25 heavy (non-hydrogen) atoms. The van der Waals surface area contributed by atoms with Crippen molar-refractivity contribution in [1.29, 1.82) is 0 Å². The zero-order valence-corrected chi connectivity index (χ0v) is 13.6. The minimum Gasteiger partial charge on any atom is -0.479 e. The molecule has 1 aromatic carbocycles. The third-order valence-electron chi connectivity index (χ3n) is 5.02. The summed E-state index contributed by atoms with van der Waals surface area (Å²) in [6.07, 6.45) is 5.76. The number of H-pyrrole nitrogens is 1. The molecule has 0 bridgehead atoms. The molecule has 1 aliphatic rings. The maximum Gasteiger partial charge on any atom is 0.331 e. The number of aromatic nitrogens is 3. The molecule has 2 N–H and O–H groups in total. The van der Waals surface area contributed by atoms with Gasteiger partial charge in [0.25, 0.3) is 5.91 Å². The van der Waals surface area contributed by atoms with E-state index in [1.807, 2.05) is 24.4 Å². The van der Waals surface area contributed by atoms with Crippen molar-refractivity contribution in [2.75, 3.05) is 13.1 Å². The lowest BCUT2D eigenvalue weighted by Crippen LogP contribution is -2.52. The van der Waals surface area contributed by atoms with Crippen LogP contribution in [0.1, 0.15) is 23.2 Å². The average molecular weight is 338 g/mol. The second-order valence-corrected chi connectivity index (χ2v) is 6.36. The molecule has 1 aliphatic heterocycles. The summed E-state index contributed by atoms with van der Waals surface area (Å²) in [6.45, 7) is 0.770. The van der Waals surface area contributed by atoms with E-state index in [2.05, 4.69) is 10.1 Å². The van der Waals surface area contributed by atoms with E-state index in [0.717, 1.165) is 10.9 Å². The third kappa shape index (κ3) is 2.48. The van der Waals surface area contributed by atoms with E-state index in [0.29, 0.717) is 31.5 Å². The minimum absolute atomic E-state index is 0.0671. The van der Waals surface area contributed by atoms with E-state index in [1.165, 1.54) is 4.68 Å². The number of carbonyl (C=O) groups is 2. The van der Waals surface area contributed by atoms with Gasteiger partial charge in [-0.1, -0.05) is 0 Å². The number of carboxylic acids is 1. The van der Waals surface area contributed by atoms with Crippen LogP contribution in [0.3, 0.4) is 0 Å². The van der Waals surface area contributed by atoms with Gasteiger partial charge in [0.05, 0.1) is 0 Å². The van der Waals surface area contributed by atoms with Crippen molar-refractivity contribution in [1.82, 2.24) is 19.7 Å². The van der Waals surface area contributed by atoms with Crippen LogP contribution in [0.5, 0.6) is 0 Å². The first-order valence-corrected chi connectivity index (χ1v) is 8.20. The fourth-order valence-electron chi connectivity index (χ4n) is 3.51. The Labute approximate surface area is 143 Å². The summed E-state index contributed by atoms with van der Waals surface area (Å²) in [7, 11) is 0. The average Bonchev–Trinajstić information content (AvgIpc) is 3.32. The molecule has 3 aromatic rings. The second-order valence-electron chi connectivity index (χ2n) is 6.36. The molecule has 3 heterocycles. The molecule has 0 spiro atoms. The molecule has 1 fully saturated rings. The van der Waals surface area contributed by atoms with Crippen LogP contribution in [-0.2, 0) is 10.3 Å². The highest BCUT2D eigenvalue weighted by Crippen LogP contribution is 2.31. The molecular weight excluding hydrogens is 320 g/mol. The number of carbonyl (C=O) groups excluding carboxylic acids is 1. The summed E-state index contributed by atoms with van der Waals surface area (Å²) >= 11 is 0. The van der Waals surface area contributed by atoms with E-state index in [9.17, 15) is 14.7 Å². The summed E-state index contributed by atoms with van der Waals surface area (Å²) in [5.74, 6) is -0.973. The molecule has 4 rings (SSSR count). The summed E-state index contributed by atoms with van der Waals surface area (Å²) in [5, 5.41) is 14.8. The number of hydrogen-bond donors (Lipinski definition) is 2. The van der Waals surface area contributed by atoms with Crippen molar-refractivity contribution in [2.24, 2.45) is 0 Å². The van der Waals surface area contributed by atoms with Crippen LogP contribution < -0.4 is 0 Å². The van der Waals surface area contributed by atoms with Gasteiger partial charge in [-0.05, 0) is 30.3 Å². The zero-order chi connectivity index (χ0) is 17.4. The largest absolute Gasteiger partial charge is 0.479 e. The van der Waals surface area contributed by atoms with Crippen molar-refractivity contribution >= 4 is 22.8 Å². The number of piperidine rings is 1. The number of nitrogens with zero attached hydrogens (tertiary/aromatic N) is 3. The fourth-order valence-corrected chi connectivity index (χ4v) is 3.51. The quantitative estimate of drug-likeness (QED) is 0.765. The lowest BCUT2D eigenvalue weighted by Gasteiger charge is -2.39. The van der Waals surface area contributed by atoms with Gasteiger partial charge in [-0.2, -0.15) is 5.10 Å². The number of aromatic amines is 1. The Morgan fingerprint density at radius 3 is 2.68 bits per heavy atom. The van der Waals surface area contributed by atoms with Gasteiger partial charge in [-0.15, -0.1) is 0 Å². The number of nitrogens with one attached hydrogen (secondary N) is 1. The normalized spacial score (nSPS) is 16.9. The standard InChI is InChI=1S/C18H18N4O3/c23-16(14-2-3-15-13(12-14)4-8-19-15)21-10-5-18(6-11-21,17(24)25)22-9-1-7-20-22/h1-4,7-9,12,19H,5-6,10-11H2,(H,24,25). The van der Waals surface area contributed by atoms with Gasteiger partial charge in [-0.25, -0.2) is 4.79 Å². The first kappa shape index (κ1) is 15.4. The van der Waals surface area contributed by atoms with Crippen LogP contribution in [0.2, 0.25) is 0 Å². The van der Waals surface area contributed by atoms with Gasteiger partial charge in [0.1, 0.15) is 0 Å². The number of benzene rings is 1. The second kappa shape index (κ2) is 5.77. The predicted molar refractivity (Wildman–Crippen MR) is 91.3 cm³/mol. The van der Waals surface area contributed by atoms with Gasteiger partial charge in [-0.3, -0.25) is 9.48 Å². The van der Waals surface area contributed by atoms with Gasteiger partial charge in [0.2, 0.25) is 0 Å². The Morgan fingerprint density at radius 2 is 2.00 bits per heavy atom. The Bertz CT molecular complexity index is 921. The van der Waals surface area contributed by atoms with Crippen LogP contribution in [0, 0.1) is 0 Å². The molecule has 0 unspecified atom stereocenters. The summed E-state index contributed by atoms with van der Waals surface area (Å²) in [6, 6.07) is 9.19.